The van der Waals surface area contributed by atoms with E-state index in [2.05, 4.69) is 29.4 Å². The second-order valence-electron chi connectivity index (χ2n) is 6.66. The molecule has 0 aromatic heterocycles. The van der Waals surface area contributed by atoms with E-state index < -0.39 is 0 Å². The molecule has 0 fully saturated rings. The molecule has 0 saturated heterocycles. The standard InChI is InChI=1S/C21H27N3O2S/c1-15(14-27-20-10-6-5-9-19(20)25-2)13-23-21(22)24-17-11-12-26-18-8-4-3-7-16(17)18/h3-10,15,17H,11-14H2,1-2H3,(H3,22,23,24). The first kappa shape index (κ1) is 19.4. The van der Waals surface area contributed by atoms with Gasteiger partial charge in [0.2, 0.25) is 0 Å². The Kier molecular flexibility index (Phi) is 6.87. The first-order chi connectivity index (χ1) is 13.2. The number of thioether (sulfide) groups is 1. The van der Waals surface area contributed by atoms with E-state index in [-0.39, 0.29) is 6.04 Å². The fourth-order valence-electron chi connectivity index (χ4n) is 2.99. The number of benzene rings is 2. The summed E-state index contributed by atoms with van der Waals surface area (Å²) in [7, 11) is 1.70. The van der Waals surface area contributed by atoms with Gasteiger partial charge in [0, 0.05) is 29.2 Å². The van der Waals surface area contributed by atoms with Crippen molar-refractivity contribution < 1.29 is 9.47 Å². The van der Waals surface area contributed by atoms with Crippen molar-refractivity contribution in [2.75, 3.05) is 26.0 Å². The largest absolute Gasteiger partial charge is 0.496 e. The molecule has 0 radical (unpaired) electrons. The van der Waals surface area contributed by atoms with Crippen molar-refractivity contribution in [2.24, 2.45) is 16.6 Å². The van der Waals surface area contributed by atoms with Crippen LogP contribution in [-0.2, 0) is 0 Å². The summed E-state index contributed by atoms with van der Waals surface area (Å²) in [4.78, 5) is 5.70. The van der Waals surface area contributed by atoms with Gasteiger partial charge in [-0.05, 0) is 24.1 Å². The first-order valence-corrected chi connectivity index (χ1v) is 10.2. The number of ether oxygens (including phenoxy) is 2. The maximum Gasteiger partial charge on any atom is 0.189 e. The monoisotopic (exact) mass is 385 g/mol. The summed E-state index contributed by atoms with van der Waals surface area (Å²) in [5.41, 5.74) is 7.27. The van der Waals surface area contributed by atoms with Gasteiger partial charge in [0.1, 0.15) is 11.5 Å². The van der Waals surface area contributed by atoms with Crippen LogP contribution in [0, 0.1) is 5.92 Å². The van der Waals surface area contributed by atoms with Crippen molar-refractivity contribution in [3.05, 3.63) is 54.1 Å². The minimum atomic E-state index is 0.150. The maximum atomic E-state index is 6.13. The first-order valence-electron chi connectivity index (χ1n) is 9.21. The minimum Gasteiger partial charge on any atom is -0.496 e. The minimum absolute atomic E-state index is 0.150. The second-order valence-corrected chi connectivity index (χ2v) is 7.73. The fraction of sp³-hybridized carbons (Fsp3) is 0.381. The third-order valence-corrected chi connectivity index (χ3v) is 5.83. The number of methoxy groups -OCH3 is 1. The highest BCUT2D eigenvalue weighted by molar-refractivity contribution is 7.99. The molecule has 0 saturated carbocycles. The van der Waals surface area contributed by atoms with Gasteiger partial charge in [-0.3, -0.25) is 4.99 Å². The third-order valence-electron chi connectivity index (χ3n) is 4.45. The van der Waals surface area contributed by atoms with Crippen LogP contribution in [0.4, 0.5) is 0 Å². The van der Waals surface area contributed by atoms with E-state index in [1.807, 2.05) is 36.4 Å². The number of nitrogens with two attached hydrogens (primary N) is 1. The topological polar surface area (TPSA) is 68.9 Å². The normalized spacial score (nSPS) is 17.6. The molecule has 1 heterocycles. The summed E-state index contributed by atoms with van der Waals surface area (Å²) in [6.45, 7) is 3.56. The van der Waals surface area contributed by atoms with Gasteiger partial charge in [0.05, 0.1) is 19.8 Å². The average molecular weight is 386 g/mol. The number of aliphatic imine (C=N–C) groups is 1. The van der Waals surface area contributed by atoms with Crippen LogP contribution in [0.15, 0.2) is 58.4 Å². The van der Waals surface area contributed by atoms with E-state index in [9.17, 15) is 0 Å². The Balaban J connectivity index is 1.50. The number of guanidine groups is 1. The SMILES string of the molecule is COc1ccccc1SCC(C)CN=C(N)NC1CCOc2ccccc21. The van der Waals surface area contributed by atoms with Crippen molar-refractivity contribution in [1.82, 2.24) is 5.32 Å². The molecule has 2 atom stereocenters. The molecule has 0 aliphatic carbocycles. The number of rotatable bonds is 7. The molecule has 6 heteroatoms. The Bertz CT molecular complexity index is 782. The third kappa shape index (κ3) is 5.32. The number of hydrogen-bond donors (Lipinski definition) is 2. The number of nitrogens with one attached hydrogen (secondary N) is 1. The lowest BCUT2D eigenvalue weighted by Gasteiger charge is -2.27. The van der Waals surface area contributed by atoms with Crippen LogP contribution in [0.5, 0.6) is 11.5 Å². The van der Waals surface area contributed by atoms with E-state index in [1.54, 1.807) is 18.9 Å². The summed E-state index contributed by atoms with van der Waals surface area (Å²) in [5, 5.41) is 3.34. The predicted octanol–water partition coefficient (Wildman–Crippen LogP) is 3.85. The van der Waals surface area contributed by atoms with E-state index in [4.69, 9.17) is 15.2 Å². The molecule has 0 amide bonds. The zero-order valence-corrected chi connectivity index (χ0v) is 16.7. The van der Waals surface area contributed by atoms with E-state index in [1.165, 1.54) is 0 Å². The molecule has 3 N–H and O–H groups in total. The van der Waals surface area contributed by atoms with Gasteiger partial charge in [-0.15, -0.1) is 11.8 Å². The lowest BCUT2D eigenvalue weighted by atomic mass is 10.0. The summed E-state index contributed by atoms with van der Waals surface area (Å²) in [5.74, 6) is 3.69. The van der Waals surface area contributed by atoms with Gasteiger partial charge in [-0.1, -0.05) is 37.3 Å². The highest BCUT2D eigenvalue weighted by atomic mass is 32.2. The second kappa shape index (κ2) is 9.55. The van der Waals surface area contributed by atoms with Crippen LogP contribution >= 0.6 is 11.8 Å². The Labute approximate surface area is 165 Å². The van der Waals surface area contributed by atoms with Crippen LogP contribution in [0.2, 0.25) is 0 Å². The maximum absolute atomic E-state index is 6.13. The molecular formula is C21H27N3O2S. The highest BCUT2D eigenvalue weighted by Crippen LogP contribution is 2.31. The van der Waals surface area contributed by atoms with Crippen LogP contribution in [0.3, 0.4) is 0 Å². The molecule has 0 bridgehead atoms. The van der Waals surface area contributed by atoms with Gasteiger partial charge < -0.3 is 20.5 Å². The van der Waals surface area contributed by atoms with Gasteiger partial charge in [-0.25, -0.2) is 0 Å². The van der Waals surface area contributed by atoms with Crippen molar-refractivity contribution in [3.8, 4) is 11.5 Å². The molecule has 144 valence electrons. The summed E-state index contributed by atoms with van der Waals surface area (Å²) >= 11 is 1.79. The van der Waals surface area contributed by atoms with Gasteiger partial charge in [0.25, 0.3) is 0 Å². The Morgan fingerprint density at radius 2 is 2.07 bits per heavy atom. The molecule has 3 rings (SSSR count). The van der Waals surface area contributed by atoms with Gasteiger partial charge >= 0.3 is 0 Å². The zero-order chi connectivity index (χ0) is 19.1. The summed E-state index contributed by atoms with van der Waals surface area (Å²) in [6, 6.07) is 16.3. The molecule has 1 aliphatic heterocycles. The highest BCUT2D eigenvalue weighted by Gasteiger charge is 2.21. The zero-order valence-electron chi connectivity index (χ0n) is 15.9. The van der Waals surface area contributed by atoms with Crippen molar-refractivity contribution in [2.45, 2.75) is 24.3 Å². The van der Waals surface area contributed by atoms with E-state index in [0.717, 1.165) is 34.1 Å². The molecule has 0 spiro atoms. The molecule has 2 unspecified atom stereocenters. The lowest BCUT2D eigenvalue weighted by molar-refractivity contribution is 0.262. The van der Waals surface area contributed by atoms with Crippen molar-refractivity contribution in [1.29, 1.82) is 0 Å². The molecule has 27 heavy (non-hydrogen) atoms. The summed E-state index contributed by atoms with van der Waals surface area (Å²) < 4.78 is 11.1. The van der Waals surface area contributed by atoms with Crippen LogP contribution in [0.25, 0.3) is 0 Å². The van der Waals surface area contributed by atoms with Gasteiger partial charge in [-0.2, -0.15) is 0 Å². The van der Waals surface area contributed by atoms with Crippen molar-refractivity contribution in [3.63, 3.8) is 0 Å². The molecule has 2 aromatic carbocycles. The quantitative estimate of drug-likeness (QED) is 0.430. The van der Waals surface area contributed by atoms with Crippen LogP contribution in [0.1, 0.15) is 24.9 Å². The molecule has 5 nitrogen and oxygen atoms in total. The smallest absolute Gasteiger partial charge is 0.189 e. The van der Waals surface area contributed by atoms with E-state index in [0.29, 0.717) is 25.0 Å². The molecule has 1 aliphatic rings. The number of hydrogen-bond acceptors (Lipinski definition) is 4. The van der Waals surface area contributed by atoms with Crippen LogP contribution < -0.4 is 20.5 Å². The van der Waals surface area contributed by atoms with Gasteiger partial charge in [0.15, 0.2) is 5.96 Å². The number of para-hydroxylation sites is 2. The average Bonchev–Trinajstić information content (AvgIpc) is 2.71. The number of fused-ring (bicyclic) bond motifs is 1. The van der Waals surface area contributed by atoms with Crippen LogP contribution in [-0.4, -0.2) is 32.0 Å². The molecule has 2 aromatic rings. The Morgan fingerprint density at radius 1 is 1.30 bits per heavy atom. The van der Waals surface area contributed by atoms with Crippen molar-refractivity contribution >= 4 is 17.7 Å². The summed E-state index contributed by atoms with van der Waals surface area (Å²) in [6.07, 6.45) is 0.881. The predicted molar refractivity (Wildman–Crippen MR) is 112 cm³/mol. The Morgan fingerprint density at radius 3 is 2.93 bits per heavy atom. The number of nitrogens with zero attached hydrogens (tertiary/aromatic N) is 1. The fourth-order valence-corrected chi connectivity index (χ4v) is 4.03. The molecular weight excluding hydrogens is 358 g/mol. The van der Waals surface area contributed by atoms with E-state index >= 15 is 0 Å². The Hall–Kier alpha value is -2.34. The lowest BCUT2D eigenvalue weighted by Crippen LogP contribution is -2.37.